The van der Waals surface area contributed by atoms with Crippen molar-refractivity contribution in [2.75, 3.05) is 13.2 Å². The molecular weight excluding hydrogens is 452 g/mol. The minimum atomic E-state index is -1.12. The highest BCUT2D eigenvalue weighted by molar-refractivity contribution is 7.13. The largest absolute Gasteiger partial charge is 0.458 e. The molecule has 0 radical (unpaired) electrons. The van der Waals surface area contributed by atoms with Gasteiger partial charge in [0.1, 0.15) is 24.3 Å². The van der Waals surface area contributed by atoms with Crippen LogP contribution in [0.1, 0.15) is 42.7 Å². The molecule has 1 aromatic carbocycles. The summed E-state index contributed by atoms with van der Waals surface area (Å²) in [6.07, 6.45) is -0.130. The van der Waals surface area contributed by atoms with Gasteiger partial charge >= 0.3 is 5.97 Å². The Bertz CT molecular complexity index is 1200. The van der Waals surface area contributed by atoms with Crippen LogP contribution in [0.2, 0.25) is 0 Å². The predicted octanol–water partition coefficient (Wildman–Crippen LogP) is 5.36. The van der Waals surface area contributed by atoms with E-state index >= 15 is 0 Å². The Morgan fingerprint density at radius 2 is 2.15 bits per heavy atom. The van der Waals surface area contributed by atoms with Crippen molar-refractivity contribution in [2.45, 2.75) is 31.8 Å². The molecule has 0 saturated carbocycles. The molecule has 0 N–H and O–H groups in total. The second-order valence-corrected chi connectivity index (χ2v) is 8.96. The van der Waals surface area contributed by atoms with Gasteiger partial charge in [0.2, 0.25) is 12.0 Å². The van der Waals surface area contributed by atoms with Crippen LogP contribution >= 0.6 is 11.3 Å². The Hall–Kier alpha value is -3.51. The van der Waals surface area contributed by atoms with Crippen molar-refractivity contribution in [3.8, 4) is 22.5 Å². The molecule has 0 aliphatic carbocycles. The normalized spacial score (nSPS) is 17.5. The van der Waals surface area contributed by atoms with Crippen LogP contribution in [0.3, 0.4) is 0 Å². The third kappa shape index (κ3) is 5.18. The molecule has 2 atom stereocenters. The van der Waals surface area contributed by atoms with Crippen LogP contribution in [0.5, 0.6) is 5.88 Å². The molecule has 0 bridgehead atoms. The summed E-state index contributed by atoms with van der Waals surface area (Å²) < 4.78 is 23.2. The second-order valence-electron chi connectivity index (χ2n) is 8.01. The van der Waals surface area contributed by atoms with Crippen LogP contribution in [0, 0.1) is 11.3 Å². The van der Waals surface area contributed by atoms with E-state index in [-0.39, 0.29) is 24.7 Å². The van der Waals surface area contributed by atoms with Crippen molar-refractivity contribution in [3.05, 3.63) is 83.3 Å². The van der Waals surface area contributed by atoms with Gasteiger partial charge in [-0.25, -0.2) is 9.78 Å². The number of carbonyl (C=O) groups is 1. The highest BCUT2D eigenvalue weighted by atomic mass is 32.1. The lowest BCUT2D eigenvalue weighted by atomic mass is 10.0. The molecule has 1 aliphatic heterocycles. The van der Waals surface area contributed by atoms with Crippen LogP contribution < -0.4 is 4.74 Å². The first-order chi connectivity index (χ1) is 16.4. The van der Waals surface area contributed by atoms with Gasteiger partial charge < -0.3 is 18.9 Å². The first-order valence-corrected chi connectivity index (χ1v) is 11.6. The number of hydrogen-bond acceptors (Lipinski definition) is 8. The molecule has 7 nitrogen and oxygen atoms in total. The van der Waals surface area contributed by atoms with Crippen LogP contribution in [0.4, 0.5) is 0 Å². The number of nitrogens with zero attached hydrogens (tertiary/aromatic N) is 2. The number of carbonyl (C=O) groups excluding carboxylic acids is 1. The van der Waals surface area contributed by atoms with Gasteiger partial charge in [-0.15, -0.1) is 11.3 Å². The quantitative estimate of drug-likeness (QED) is 0.319. The Kier molecular flexibility index (Phi) is 7.08. The van der Waals surface area contributed by atoms with Crippen LogP contribution in [0.15, 0.2) is 66.6 Å². The van der Waals surface area contributed by atoms with Gasteiger partial charge in [0.15, 0.2) is 5.79 Å². The zero-order valence-electron chi connectivity index (χ0n) is 18.9. The lowest BCUT2D eigenvalue weighted by Crippen LogP contribution is -2.23. The average molecular weight is 477 g/mol. The van der Waals surface area contributed by atoms with Gasteiger partial charge in [0, 0.05) is 11.1 Å². The first kappa shape index (κ1) is 23.6. The van der Waals surface area contributed by atoms with Gasteiger partial charge in [-0.2, -0.15) is 5.26 Å². The predicted molar refractivity (Wildman–Crippen MR) is 127 cm³/mol. The van der Waals surface area contributed by atoms with Gasteiger partial charge in [-0.05, 0) is 31.4 Å². The van der Waals surface area contributed by atoms with E-state index in [1.54, 1.807) is 24.3 Å². The topological polar surface area (TPSA) is 90.7 Å². The molecule has 3 heterocycles. The van der Waals surface area contributed by atoms with Gasteiger partial charge in [-0.3, -0.25) is 0 Å². The second kappa shape index (κ2) is 10.2. The number of thiophene rings is 1. The van der Waals surface area contributed by atoms with E-state index in [4.69, 9.17) is 18.9 Å². The Morgan fingerprint density at radius 1 is 1.35 bits per heavy atom. The first-order valence-electron chi connectivity index (χ1n) is 10.7. The number of pyridine rings is 1. The molecule has 0 spiro atoms. The van der Waals surface area contributed by atoms with Crippen LogP contribution in [-0.2, 0) is 19.0 Å². The minimum Gasteiger partial charge on any atom is -0.458 e. The highest BCUT2D eigenvalue weighted by Gasteiger charge is 2.37. The molecular formula is C26H24N2O5S. The number of ether oxygens (including phenoxy) is 4. The molecule has 2 unspecified atom stereocenters. The smallest absolute Gasteiger partial charge is 0.352 e. The van der Waals surface area contributed by atoms with Crippen molar-refractivity contribution in [1.29, 1.82) is 5.26 Å². The van der Waals surface area contributed by atoms with Crippen molar-refractivity contribution in [1.82, 2.24) is 4.98 Å². The molecule has 2 aromatic heterocycles. The minimum absolute atomic E-state index is 0.0288. The standard InChI is InChI=1S/C26H24N2O5S/c1-4-12-30-25(29)23(17-9-6-5-7-10-17)32-24-19(15-27)18(21-16-31-26(2,3)33-21)14-20(28-24)22-11-8-13-34-22/h4-11,13-14,21,23H,1,12,16H2,2-3H3. The maximum atomic E-state index is 12.9. The third-order valence-corrected chi connectivity index (χ3v) is 6.04. The lowest BCUT2D eigenvalue weighted by molar-refractivity contribution is -0.151. The fourth-order valence-electron chi connectivity index (χ4n) is 3.59. The molecule has 1 aliphatic rings. The van der Waals surface area contributed by atoms with E-state index in [0.29, 0.717) is 16.8 Å². The zero-order valence-corrected chi connectivity index (χ0v) is 19.7. The van der Waals surface area contributed by atoms with E-state index in [2.05, 4.69) is 17.6 Å². The van der Waals surface area contributed by atoms with E-state index in [9.17, 15) is 10.1 Å². The zero-order chi connectivity index (χ0) is 24.1. The fraction of sp³-hybridized carbons (Fsp3) is 0.269. The van der Waals surface area contributed by atoms with Gasteiger partial charge in [-0.1, -0.05) is 49.1 Å². The SMILES string of the molecule is C=CCOC(=O)C(Oc1nc(-c2cccs2)cc(C2COC(C)(C)O2)c1C#N)c1ccccc1. The summed E-state index contributed by atoms with van der Waals surface area (Å²) in [5, 5.41) is 12.0. The third-order valence-electron chi connectivity index (χ3n) is 5.15. The van der Waals surface area contributed by atoms with Crippen molar-refractivity contribution >= 4 is 17.3 Å². The Morgan fingerprint density at radius 3 is 2.76 bits per heavy atom. The number of esters is 1. The Balaban J connectivity index is 1.81. The number of aromatic nitrogens is 1. The monoisotopic (exact) mass is 476 g/mol. The van der Waals surface area contributed by atoms with Crippen LogP contribution in [-0.4, -0.2) is 30.0 Å². The summed E-state index contributed by atoms with van der Waals surface area (Å²) in [7, 11) is 0. The van der Waals surface area contributed by atoms with Crippen molar-refractivity contribution in [2.24, 2.45) is 0 Å². The molecule has 8 heteroatoms. The Labute approximate surface area is 202 Å². The number of rotatable bonds is 8. The van der Waals surface area contributed by atoms with E-state index in [1.807, 2.05) is 43.5 Å². The van der Waals surface area contributed by atoms with Crippen molar-refractivity contribution in [3.63, 3.8) is 0 Å². The molecule has 0 amide bonds. The molecule has 34 heavy (non-hydrogen) atoms. The van der Waals surface area contributed by atoms with Gasteiger partial charge in [0.05, 0.1) is 17.2 Å². The van der Waals surface area contributed by atoms with E-state index < -0.39 is 24.0 Å². The maximum absolute atomic E-state index is 12.9. The summed E-state index contributed by atoms with van der Waals surface area (Å²) in [5.41, 5.74) is 1.96. The van der Waals surface area contributed by atoms with Crippen LogP contribution in [0.25, 0.3) is 10.6 Å². The molecule has 3 aromatic rings. The van der Waals surface area contributed by atoms with E-state index in [0.717, 1.165) is 4.88 Å². The average Bonchev–Trinajstić information content (AvgIpc) is 3.50. The highest BCUT2D eigenvalue weighted by Crippen LogP contribution is 2.39. The number of nitriles is 1. The summed E-state index contributed by atoms with van der Waals surface area (Å²) in [4.78, 5) is 18.4. The van der Waals surface area contributed by atoms with Crippen molar-refractivity contribution < 1.29 is 23.7 Å². The number of benzene rings is 1. The molecule has 1 saturated heterocycles. The molecule has 1 fully saturated rings. The summed E-state index contributed by atoms with van der Waals surface area (Å²) in [6, 6.07) is 16.8. The molecule has 4 rings (SSSR count). The fourth-order valence-corrected chi connectivity index (χ4v) is 4.28. The maximum Gasteiger partial charge on any atom is 0.352 e. The van der Waals surface area contributed by atoms with Gasteiger partial charge in [0.25, 0.3) is 0 Å². The summed E-state index contributed by atoms with van der Waals surface area (Å²) in [6.45, 7) is 7.53. The van der Waals surface area contributed by atoms with E-state index in [1.165, 1.54) is 17.4 Å². The summed E-state index contributed by atoms with van der Waals surface area (Å²) in [5.74, 6) is -1.37. The molecule has 174 valence electrons. The summed E-state index contributed by atoms with van der Waals surface area (Å²) >= 11 is 1.51. The lowest BCUT2D eigenvalue weighted by Gasteiger charge is -2.21. The number of hydrogen-bond donors (Lipinski definition) is 0.